The minimum absolute atomic E-state index is 0.0138. The standard InChI is InChI=1S/C10H18O2/c1-7(2)6-9(11)10-8(3)4-5-12-10/h6,8-11H,4-5H2,1-3H3. The van der Waals surface area contributed by atoms with Gasteiger partial charge in [0.05, 0.1) is 12.2 Å². The molecular weight excluding hydrogens is 152 g/mol. The molecule has 0 spiro atoms. The summed E-state index contributed by atoms with van der Waals surface area (Å²) >= 11 is 0. The van der Waals surface area contributed by atoms with Crippen molar-refractivity contribution in [1.82, 2.24) is 0 Å². The maximum Gasteiger partial charge on any atom is 0.0987 e. The van der Waals surface area contributed by atoms with Gasteiger partial charge in [0, 0.05) is 6.61 Å². The molecular formula is C10H18O2. The molecule has 1 aliphatic heterocycles. The minimum atomic E-state index is -0.424. The van der Waals surface area contributed by atoms with Crippen molar-refractivity contribution < 1.29 is 9.84 Å². The first-order chi connectivity index (χ1) is 5.61. The van der Waals surface area contributed by atoms with Crippen LogP contribution in [0.1, 0.15) is 27.2 Å². The Morgan fingerprint density at radius 2 is 2.25 bits per heavy atom. The van der Waals surface area contributed by atoms with Crippen LogP contribution < -0.4 is 0 Å². The Balaban J connectivity index is 2.51. The van der Waals surface area contributed by atoms with Crippen molar-refractivity contribution in [3.05, 3.63) is 11.6 Å². The molecule has 1 fully saturated rings. The van der Waals surface area contributed by atoms with Crippen molar-refractivity contribution in [3.8, 4) is 0 Å². The second-order valence-corrected chi connectivity index (χ2v) is 3.84. The van der Waals surface area contributed by atoms with Gasteiger partial charge in [-0.2, -0.15) is 0 Å². The van der Waals surface area contributed by atoms with E-state index in [0.29, 0.717) is 5.92 Å². The number of hydrogen-bond acceptors (Lipinski definition) is 2. The van der Waals surface area contributed by atoms with Crippen LogP contribution in [0.15, 0.2) is 11.6 Å². The van der Waals surface area contributed by atoms with Gasteiger partial charge in [-0.05, 0) is 26.2 Å². The molecule has 1 saturated heterocycles. The molecule has 2 nitrogen and oxygen atoms in total. The molecule has 3 atom stereocenters. The first-order valence-corrected chi connectivity index (χ1v) is 4.56. The molecule has 2 heteroatoms. The molecule has 3 unspecified atom stereocenters. The highest BCUT2D eigenvalue weighted by Crippen LogP contribution is 2.23. The summed E-state index contributed by atoms with van der Waals surface area (Å²) in [5.74, 6) is 0.482. The molecule has 0 saturated carbocycles. The number of allylic oxidation sites excluding steroid dienone is 1. The van der Waals surface area contributed by atoms with E-state index >= 15 is 0 Å². The molecule has 0 radical (unpaired) electrons. The van der Waals surface area contributed by atoms with Crippen molar-refractivity contribution in [1.29, 1.82) is 0 Å². The van der Waals surface area contributed by atoms with Gasteiger partial charge in [-0.3, -0.25) is 0 Å². The molecule has 0 amide bonds. The third-order valence-corrected chi connectivity index (χ3v) is 2.29. The van der Waals surface area contributed by atoms with Crippen molar-refractivity contribution in [2.75, 3.05) is 6.61 Å². The van der Waals surface area contributed by atoms with Crippen LogP contribution >= 0.6 is 0 Å². The van der Waals surface area contributed by atoms with Gasteiger partial charge in [-0.25, -0.2) is 0 Å². The minimum Gasteiger partial charge on any atom is -0.386 e. The molecule has 0 aromatic heterocycles. The highest BCUT2D eigenvalue weighted by atomic mass is 16.5. The van der Waals surface area contributed by atoms with Crippen LogP contribution in [0.2, 0.25) is 0 Å². The van der Waals surface area contributed by atoms with Crippen molar-refractivity contribution in [2.24, 2.45) is 5.92 Å². The van der Waals surface area contributed by atoms with E-state index in [0.717, 1.165) is 18.6 Å². The number of aliphatic hydroxyl groups excluding tert-OH is 1. The quantitative estimate of drug-likeness (QED) is 0.640. The first kappa shape index (κ1) is 9.75. The number of hydrogen-bond donors (Lipinski definition) is 1. The van der Waals surface area contributed by atoms with Crippen LogP contribution in [0.4, 0.5) is 0 Å². The highest BCUT2D eigenvalue weighted by molar-refractivity contribution is 5.02. The van der Waals surface area contributed by atoms with E-state index in [2.05, 4.69) is 6.92 Å². The Labute approximate surface area is 74.2 Å². The van der Waals surface area contributed by atoms with E-state index in [9.17, 15) is 5.11 Å². The van der Waals surface area contributed by atoms with Crippen LogP contribution in [0, 0.1) is 5.92 Å². The van der Waals surface area contributed by atoms with Crippen LogP contribution in [0.25, 0.3) is 0 Å². The number of ether oxygens (including phenoxy) is 1. The monoisotopic (exact) mass is 170 g/mol. The molecule has 70 valence electrons. The average molecular weight is 170 g/mol. The Kier molecular flexibility index (Phi) is 3.29. The fourth-order valence-corrected chi connectivity index (χ4v) is 1.59. The lowest BCUT2D eigenvalue weighted by molar-refractivity contribution is 0.00679. The van der Waals surface area contributed by atoms with E-state index in [4.69, 9.17) is 4.74 Å². The van der Waals surface area contributed by atoms with Crippen LogP contribution in [0.5, 0.6) is 0 Å². The molecule has 1 aliphatic rings. The Hall–Kier alpha value is -0.340. The van der Waals surface area contributed by atoms with E-state index in [-0.39, 0.29) is 6.10 Å². The lowest BCUT2D eigenvalue weighted by Crippen LogP contribution is -2.28. The van der Waals surface area contributed by atoms with Crippen LogP contribution in [0.3, 0.4) is 0 Å². The third-order valence-electron chi connectivity index (χ3n) is 2.29. The van der Waals surface area contributed by atoms with Crippen molar-refractivity contribution >= 4 is 0 Å². The van der Waals surface area contributed by atoms with Gasteiger partial charge < -0.3 is 9.84 Å². The third kappa shape index (κ3) is 2.32. The predicted molar refractivity (Wildman–Crippen MR) is 49.0 cm³/mol. The van der Waals surface area contributed by atoms with Crippen molar-refractivity contribution in [2.45, 2.75) is 39.4 Å². The van der Waals surface area contributed by atoms with Crippen molar-refractivity contribution in [3.63, 3.8) is 0 Å². The zero-order valence-corrected chi connectivity index (χ0v) is 8.08. The summed E-state index contributed by atoms with van der Waals surface area (Å²) in [5, 5.41) is 9.69. The Bertz CT molecular complexity index is 171. The molecule has 1 rings (SSSR count). The summed E-state index contributed by atoms with van der Waals surface area (Å²) < 4.78 is 5.43. The SMILES string of the molecule is CC(C)=CC(O)C1OCCC1C. The Morgan fingerprint density at radius 3 is 2.67 bits per heavy atom. The smallest absolute Gasteiger partial charge is 0.0987 e. The lowest BCUT2D eigenvalue weighted by Gasteiger charge is -2.18. The van der Waals surface area contributed by atoms with Gasteiger partial charge >= 0.3 is 0 Å². The van der Waals surface area contributed by atoms with E-state index in [1.165, 1.54) is 0 Å². The molecule has 0 aromatic rings. The zero-order chi connectivity index (χ0) is 9.14. The maximum atomic E-state index is 9.69. The zero-order valence-electron chi connectivity index (χ0n) is 8.08. The lowest BCUT2D eigenvalue weighted by atomic mass is 9.98. The normalized spacial score (nSPS) is 31.7. The topological polar surface area (TPSA) is 29.5 Å². The van der Waals surface area contributed by atoms with Gasteiger partial charge in [0.15, 0.2) is 0 Å². The molecule has 1 heterocycles. The van der Waals surface area contributed by atoms with Crippen LogP contribution in [-0.2, 0) is 4.74 Å². The predicted octanol–water partition coefficient (Wildman–Crippen LogP) is 1.74. The fourth-order valence-electron chi connectivity index (χ4n) is 1.59. The average Bonchev–Trinajstić information content (AvgIpc) is 2.33. The van der Waals surface area contributed by atoms with E-state index in [1.54, 1.807) is 0 Å². The number of rotatable bonds is 2. The van der Waals surface area contributed by atoms with E-state index in [1.807, 2.05) is 19.9 Å². The van der Waals surface area contributed by atoms with Gasteiger partial charge in [-0.1, -0.05) is 18.6 Å². The summed E-state index contributed by atoms with van der Waals surface area (Å²) in [6, 6.07) is 0. The van der Waals surface area contributed by atoms with Crippen LogP contribution in [-0.4, -0.2) is 23.9 Å². The van der Waals surface area contributed by atoms with Gasteiger partial charge in [0.1, 0.15) is 0 Å². The molecule has 1 N–H and O–H groups in total. The summed E-state index contributed by atoms with van der Waals surface area (Å²) in [7, 11) is 0. The summed E-state index contributed by atoms with van der Waals surface area (Å²) in [6.45, 7) is 6.89. The fraction of sp³-hybridized carbons (Fsp3) is 0.800. The largest absolute Gasteiger partial charge is 0.386 e. The summed E-state index contributed by atoms with van der Waals surface area (Å²) in [5.41, 5.74) is 1.14. The van der Waals surface area contributed by atoms with Gasteiger partial charge in [-0.15, -0.1) is 0 Å². The summed E-state index contributed by atoms with van der Waals surface area (Å²) in [4.78, 5) is 0. The molecule has 0 aliphatic carbocycles. The Morgan fingerprint density at radius 1 is 1.58 bits per heavy atom. The molecule has 0 bridgehead atoms. The second kappa shape index (κ2) is 4.06. The van der Waals surface area contributed by atoms with Gasteiger partial charge in [0.25, 0.3) is 0 Å². The second-order valence-electron chi connectivity index (χ2n) is 3.84. The molecule has 0 aromatic carbocycles. The number of aliphatic hydroxyl groups is 1. The molecule has 12 heavy (non-hydrogen) atoms. The first-order valence-electron chi connectivity index (χ1n) is 4.56. The van der Waals surface area contributed by atoms with E-state index < -0.39 is 6.10 Å². The maximum absolute atomic E-state index is 9.69. The highest BCUT2D eigenvalue weighted by Gasteiger charge is 2.29. The van der Waals surface area contributed by atoms with Gasteiger partial charge in [0.2, 0.25) is 0 Å². The summed E-state index contributed by atoms with van der Waals surface area (Å²) in [6.07, 6.45) is 2.53.